The quantitative estimate of drug-likeness (QED) is 0.511. The van der Waals surface area contributed by atoms with E-state index in [2.05, 4.69) is 12.2 Å². The molecule has 164 valence electrons. The molecule has 1 aromatic rings. The third-order valence-corrected chi connectivity index (χ3v) is 5.94. The van der Waals surface area contributed by atoms with Crippen LogP contribution in [0.3, 0.4) is 0 Å². The van der Waals surface area contributed by atoms with Crippen LogP contribution in [0.1, 0.15) is 38.7 Å². The maximum absolute atomic E-state index is 12.9. The molecule has 9 heteroatoms. The van der Waals surface area contributed by atoms with E-state index in [4.69, 9.17) is 4.74 Å². The van der Waals surface area contributed by atoms with Gasteiger partial charge in [-0.3, -0.25) is 9.59 Å². The topological polar surface area (TPSA) is 96.0 Å². The van der Waals surface area contributed by atoms with E-state index in [1.807, 2.05) is 12.1 Å². The van der Waals surface area contributed by atoms with Gasteiger partial charge in [0.1, 0.15) is 11.8 Å². The molecule has 2 amide bonds. The first kappa shape index (κ1) is 24.9. The molecular weight excluding hydrogens is 394 g/mol. The molecular formula is C20H33N3O5S. The Kier molecular flexibility index (Phi) is 10.1. The Balaban J connectivity index is 2.96. The van der Waals surface area contributed by atoms with E-state index in [9.17, 15) is 18.0 Å². The molecule has 0 heterocycles. The van der Waals surface area contributed by atoms with Gasteiger partial charge in [0, 0.05) is 20.1 Å². The zero-order chi connectivity index (χ0) is 22.0. The summed E-state index contributed by atoms with van der Waals surface area (Å²) in [6, 6.07) is 6.43. The fourth-order valence-corrected chi connectivity index (χ4v) is 2.99. The van der Waals surface area contributed by atoms with Crippen molar-refractivity contribution in [1.29, 1.82) is 0 Å². The molecule has 0 fully saturated rings. The number of likely N-dealkylation sites (N-methyl/N-ethyl adjacent to an activating group) is 1. The van der Waals surface area contributed by atoms with E-state index in [1.165, 1.54) is 11.9 Å². The Morgan fingerprint density at radius 2 is 1.79 bits per heavy atom. The summed E-state index contributed by atoms with van der Waals surface area (Å²) in [6.45, 7) is 4.13. The van der Waals surface area contributed by atoms with Gasteiger partial charge in [-0.25, -0.2) is 8.42 Å². The molecule has 29 heavy (non-hydrogen) atoms. The Labute approximate surface area is 174 Å². The lowest BCUT2D eigenvalue weighted by atomic mass is 10.1. The third kappa shape index (κ3) is 8.41. The molecule has 1 rings (SSSR count). The molecule has 1 unspecified atom stereocenters. The largest absolute Gasteiger partial charge is 0.497 e. The highest BCUT2D eigenvalue weighted by atomic mass is 32.2. The summed E-state index contributed by atoms with van der Waals surface area (Å²) in [4.78, 5) is 26.8. The highest BCUT2D eigenvalue weighted by Gasteiger charge is 2.28. The van der Waals surface area contributed by atoms with E-state index in [1.54, 1.807) is 26.2 Å². The summed E-state index contributed by atoms with van der Waals surface area (Å²) in [5, 5.41) is 2.86. The number of benzene rings is 1. The summed E-state index contributed by atoms with van der Waals surface area (Å²) in [5.41, 5.74) is 0.812. The zero-order valence-corrected chi connectivity index (χ0v) is 18.8. The lowest BCUT2D eigenvalue weighted by Gasteiger charge is -2.30. The van der Waals surface area contributed by atoms with Crippen LogP contribution in [0, 0.1) is 0 Å². The van der Waals surface area contributed by atoms with E-state index in [0.717, 1.165) is 35.4 Å². The van der Waals surface area contributed by atoms with Gasteiger partial charge in [0.2, 0.25) is 21.8 Å². The normalized spacial score (nSPS) is 12.5. The molecule has 8 nitrogen and oxygen atoms in total. The fourth-order valence-electron chi connectivity index (χ4n) is 2.64. The number of methoxy groups -OCH3 is 1. The number of rotatable bonds is 12. The van der Waals surface area contributed by atoms with Gasteiger partial charge in [-0.2, -0.15) is 4.31 Å². The summed E-state index contributed by atoms with van der Waals surface area (Å²) >= 11 is 0. The predicted molar refractivity (Wildman–Crippen MR) is 113 cm³/mol. The number of hydrogen-bond donors (Lipinski definition) is 1. The third-order valence-electron chi connectivity index (χ3n) is 4.68. The van der Waals surface area contributed by atoms with E-state index < -0.39 is 22.0 Å². The van der Waals surface area contributed by atoms with Gasteiger partial charge in [0.15, 0.2) is 0 Å². The van der Waals surface area contributed by atoms with Crippen molar-refractivity contribution in [3.63, 3.8) is 0 Å². The summed E-state index contributed by atoms with van der Waals surface area (Å²) in [7, 11) is -0.603. The van der Waals surface area contributed by atoms with Crippen LogP contribution < -0.4 is 10.1 Å². The number of nitrogens with zero attached hydrogens (tertiary/aromatic N) is 2. The van der Waals surface area contributed by atoms with Crippen molar-refractivity contribution in [2.24, 2.45) is 0 Å². The van der Waals surface area contributed by atoms with Gasteiger partial charge in [0.05, 0.1) is 19.9 Å². The first-order chi connectivity index (χ1) is 13.6. The van der Waals surface area contributed by atoms with Gasteiger partial charge in [0.25, 0.3) is 0 Å². The molecule has 0 radical (unpaired) electrons. The van der Waals surface area contributed by atoms with Crippen LogP contribution in [-0.2, 0) is 26.2 Å². The maximum atomic E-state index is 12.9. The van der Waals surface area contributed by atoms with Crippen LogP contribution in [0.25, 0.3) is 0 Å². The molecule has 0 aliphatic carbocycles. The number of unbranched alkanes of at least 4 members (excludes halogenated alkanes) is 2. The van der Waals surface area contributed by atoms with Crippen molar-refractivity contribution in [3.05, 3.63) is 29.8 Å². The second kappa shape index (κ2) is 11.8. The molecule has 0 saturated heterocycles. The maximum Gasteiger partial charge on any atom is 0.242 e. The minimum atomic E-state index is -3.51. The van der Waals surface area contributed by atoms with Gasteiger partial charge in [-0.15, -0.1) is 0 Å². The Morgan fingerprint density at radius 1 is 1.17 bits per heavy atom. The first-order valence-corrected chi connectivity index (χ1v) is 11.6. The van der Waals surface area contributed by atoms with Crippen molar-refractivity contribution in [2.75, 3.05) is 33.5 Å². The zero-order valence-electron chi connectivity index (χ0n) is 18.0. The minimum absolute atomic E-state index is 0.185. The van der Waals surface area contributed by atoms with E-state index >= 15 is 0 Å². The number of amides is 2. The van der Waals surface area contributed by atoms with Crippen molar-refractivity contribution < 1.29 is 22.7 Å². The molecule has 1 aromatic carbocycles. The average Bonchev–Trinajstić information content (AvgIpc) is 2.68. The van der Waals surface area contributed by atoms with Gasteiger partial charge in [-0.1, -0.05) is 31.9 Å². The Bertz CT molecular complexity index is 765. The monoisotopic (exact) mass is 427 g/mol. The molecule has 0 aliphatic heterocycles. The van der Waals surface area contributed by atoms with Crippen LogP contribution in [0.5, 0.6) is 5.75 Å². The van der Waals surface area contributed by atoms with Gasteiger partial charge < -0.3 is 15.0 Å². The van der Waals surface area contributed by atoms with Crippen LogP contribution in [0.15, 0.2) is 24.3 Å². The average molecular weight is 428 g/mol. The SMILES string of the molecule is CCCCCNC(=O)C(C)N(Cc1ccc(OC)cc1)C(=O)CN(C)S(C)(=O)=O. The number of ether oxygens (including phenoxy) is 1. The molecule has 0 bridgehead atoms. The van der Waals surface area contributed by atoms with Crippen molar-refractivity contribution in [3.8, 4) is 5.75 Å². The minimum Gasteiger partial charge on any atom is -0.497 e. The molecule has 1 N–H and O–H groups in total. The molecule has 0 aliphatic rings. The van der Waals surface area contributed by atoms with E-state index in [0.29, 0.717) is 12.3 Å². The Morgan fingerprint density at radius 3 is 2.31 bits per heavy atom. The van der Waals surface area contributed by atoms with Crippen molar-refractivity contribution in [2.45, 2.75) is 45.7 Å². The van der Waals surface area contributed by atoms with Gasteiger partial charge in [-0.05, 0) is 31.0 Å². The second-order valence-corrected chi connectivity index (χ2v) is 9.15. The highest BCUT2D eigenvalue weighted by molar-refractivity contribution is 7.88. The number of sulfonamides is 1. The Hall–Kier alpha value is -2.13. The summed E-state index contributed by atoms with van der Waals surface area (Å²) < 4.78 is 29.5. The molecule has 0 aromatic heterocycles. The number of hydrogen-bond acceptors (Lipinski definition) is 5. The molecule has 0 saturated carbocycles. The summed E-state index contributed by atoms with van der Waals surface area (Å²) in [5.74, 6) is -0.0138. The fraction of sp³-hybridized carbons (Fsp3) is 0.600. The lowest BCUT2D eigenvalue weighted by molar-refractivity contribution is -0.140. The number of carbonyl (C=O) groups is 2. The molecule has 0 spiro atoms. The number of nitrogens with one attached hydrogen (secondary N) is 1. The van der Waals surface area contributed by atoms with E-state index in [-0.39, 0.29) is 19.0 Å². The summed E-state index contributed by atoms with van der Waals surface area (Å²) in [6.07, 6.45) is 3.98. The molecule has 1 atom stereocenters. The smallest absolute Gasteiger partial charge is 0.242 e. The van der Waals surface area contributed by atoms with Crippen LogP contribution in [0.4, 0.5) is 0 Å². The highest BCUT2D eigenvalue weighted by Crippen LogP contribution is 2.15. The lowest BCUT2D eigenvalue weighted by Crippen LogP contribution is -2.50. The second-order valence-electron chi connectivity index (χ2n) is 7.06. The van der Waals surface area contributed by atoms with Crippen LogP contribution in [-0.4, -0.2) is 69.0 Å². The first-order valence-electron chi connectivity index (χ1n) is 9.71. The van der Waals surface area contributed by atoms with Crippen molar-refractivity contribution >= 4 is 21.8 Å². The van der Waals surface area contributed by atoms with Crippen LogP contribution >= 0.6 is 0 Å². The van der Waals surface area contributed by atoms with Crippen molar-refractivity contribution in [1.82, 2.24) is 14.5 Å². The van der Waals surface area contributed by atoms with Crippen LogP contribution in [0.2, 0.25) is 0 Å². The number of carbonyl (C=O) groups excluding carboxylic acids is 2. The predicted octanol–water partition coefficient (Wildman–Crippen LogP) is 1.61. The standard InChI is InChI=1S/C20H33N3O5S/c1-6-7-8-13-21-20(25)16(2)23(19(24)15-22(3)29(5,26)27)14-17-9-11-18(28-4)12-10-17/h9-12,16H,6-8,13-15H2,1-5H3,(H,21,25). The van der Waals surface area contributed by atoms with Gasteiger partial charge >= 0.3 is 0 Å².